The van der Waals surface area contributed by atoms with Crippen molar-refractivity contribution in [3.8, 4) is 17.3 Å². The number of alkyl halides is 3. The third kappa shape index (κ3) is 3.48. The van der Waals surface area contributed by atoms with Crippen LogP contribution in [-0.4, -0.2) is 15.5 Å². The number of rotatable bonds is 2. The van der Waals surface area contributed by atoms with Gasteiger partial charge in [-0.3, -0.25) is 14.3 Å². The van der Waals surface area contributed by atoms with Crippen LogP contribution in [0.25, 0.3) is 11.3 Å². The molecule has 0 saturated heterocycles. The lowest BCUT2D eigenvalue weighted by atomic mass is 10.1. The molecule has 27 heavy (non-hydrogen) atoms. The van der Waals surface area contributed by atoms with Crippen LogP contribution in [0.1, 0.15) is 21.7 Å². The maximum Gasteiger partial charge on any atom is 0.433 e. The fraction of sp³-hybridized carbons (Fsp3) is 0.0556. The fourth-order valence-corrected chi connectivity index (χ4v) is 3.39. The van der Waals surface area contributed by atoms with Crippen LogP contribution in [0.3, 0.4) is 0 Å². The minimum Gasteiger partial charge on any atom is -0.268 e. The van der Waals surface area contributed by atoms with Crippen molar-refractivity contribution in [2.24, 2.45) is 0 Å². The molecule has 0 radical (unpaired) electrons. The first-order valence-electron chi connectivity index (χ1n) is 7.39. The van der Waals surface area contributed by atoms with E-state index in [1.807, 2.05) is 0 Å². The number of hydrogen-bond acceptors (Lipinski definition) is 3. The normalized spacial score (nSPS) is 11.3. The summed E-state index contributed by atoms with van der Waals surface area (Å²) < 4.78 is 41.2. The second-order valence-corrected chi connectivity index (χ2v) is 6.59. The highest BCUT2D eigenvalue weighted by molar-refractivity contribution is 9.10. The molecule has 9 heteroatoms. The molecule has 2 heterocycles. The molecule has 0 spiro atoms. The van der Waals surface area contributed by atoms with E-state index in [9.17, 15) is 23.2 Å². The van der Waals surface area contributed by atoms with E-state index in [-0.39, 0.29) is 22.5 Å². The minimum absolute atomic E-state index is 0.190. The highest BCUT2D eigenvalue weighted by atomic mass is 79.9. The molecule has 3 rings (SSSR count). The first kappa shape index (κ1) is 19.1. The number of pyridine rings is 1. The highest BCUT2D eigenvalue weighted by Crippen LogP contribution is 2.43. The molecule has 0 N–H and O–H groups in total. The maximum absolute atomic E-state index is 13.7. The van der Waals surface area contributed by atoms with Gasteiger partial charge in [0.1, 0.15) is 17.5 Å². The summed E-state index contributed by atoms with van der Waals surface area (Å²) >= 11 is 8.68. The van der Waals surface area contributed by atoms with Crippen molar-refractivity contribution < 1.29 is 18.0 Å². The molecule has 136 valence electrons. The van der Waals surface area contributed by atoms with Crippen molar-refractivity contribution in [2.45, 2.75) is 6.18 Å². The molecule has 3 aromatic rings. The van der Waals surface area contributed by atoms with E-state index in [4.69, 9.17) is 11.6 Å². The lowest BCUT2D eigenvalue weighted by molar-refractivity contribution is -0.143. The Morgan fingerprint density at radius 1 is 1.19 bits per heavy atom. The second kappa shape index (κ2) is 7.18. The summed E-state index contributed by atoms with van der Waals surface area (Å²) in [7, 11) is 0. The van der Waals surface area contributed by atoms with Crippen molar-refractivity contribution in [2.75, 3.05) is 0 Å². The number of carbonyl (C=O) groups is 1. The van der Waals surface area contributed by atoms with Crippen molar-refractivity contribution in [3.63, 3.8) is 0 Å². The minimum atomic E-state index is -4.89. The average Bonchev–Trinajstić information content (AvgIpc) is 2.95. The molecule has 4 nitrogen and oxygen atoms in total. The van der Waals surface area contributed by atoms with Gasteiger partial charge in [0.25, 0.3) is 5.91 Å². The Balaban J connectivity index is 2.40. The van der Waals surface area contributed by atoms with Gasteiger partial charge in [0.2, 0.25) is 0 Å². The summed E-state index contributed by atoms with van der Waals surface area (Å²) in [5.74, 6) is -1.00. The Bertz CT molecular complexity index is 1050. The predicted octanol–water partition coefficient (Wildman–Crippen LogP) is 5.54. The van der Waals surface area contributed by atoms with E-state index in [0.29, 0.717) is 9.59 Å². The van der Waals surface area contributed by atoms with Crippen molar-refractivity contribution in [1.82, 2.24) is 9.55 Å². The van der Waals surface area contributed by atoms with Crippen molar-refractivity contribution in [1.29, 1.82) is 5.26 Å². The number of nitriles is 1. The Labute approximate surface area is 165 Å². The van der Waals surface area contributed by atoms with Gasteiger partial charge in [-0.05, 0) is 40.2 Å². The summed E-state index contributed by atoms with van der Waals surface area (Å²) in [4.78, 5) is 16.7. The Morgan fingerprint density at radius 2 is 1.85 bits per heavy atom. The third-order valence-corrected chi connectivity index (χ3v) is 4.72. The molecule has 0 amide bonds. The summed E-state index contributed by atoms with van der Waals surface area (Å²) in [5, 5.41) is 9.82. The Kier molecular flexibility index (Phi) is 5.09. The SMILES string of the molecule is N#Cc1c(Br)c(C(F)(F)F)n(C(=O)c2ccccn2)c1-c1ccc(Cl)cc1. The molecule has 0 atom stereocenters. The van der Waals surface area contributed by atoms with E-state index in [0.717, 1.165) is 0 Å². The molecular weight excluding hydrogens is 447 g/mol. The topological polar surface area (TPSA) is 58.7 Å². The number of aromatic nitrogens is 2. The molecule has 0 saturated carbocycles. The zero-order valence-corrected chi connectivity index (χ0v) is 15.6. The van der Waals surface area contributed by atoms with Gasteiger partial charge >= 0.3 is 6.18 Å². The smallest absolute Gasteiger partial charge is 0.268 e. The van der Waals surface area contributed by atoms with Crippen LogP contribution in [0.5, 0.6) is 0 Å². The van der Waals surface area contributed by atoms with E-state index in [1.165, 1.54) is 48.7 Å². The zero-order chi connectivity index (χ0) is 19.8. The quantitative estimate of drug-likeness (QED) is 0.510. The number of nitrogens with zero attached hydrogens (tertiary/aromatic N) is 3. The van der Waals surface area contributed by atoms with Gasteiger partial charge in [-0.2, -0.15) is 18.4 Å². The van der Waals surface area contributed by atoms with Crippen LogP contribution in [0.15, 0.2) is 53.1 Å². The van der Waals surface area contributed by atoms with E-state index in [2.05, 4.69) is 20.9 Å². The average molecular weight is 455 g/mol. The first-order valence-corrected chi connectivity index (χ1v) is 8.56. The summed E-state index contributed by atoms with van der Waals surface area (Å²) in [6, 6.07) is 11.9. The molecule has 0 aliphatic carbocycles. The summed E-state index contributed by atoms with van der Waals surface area (Å²) in [6.07, 6.45) is -3.59. The van der Waals surface area contributed by atoms with Gasteiger partial charge in [-0.1, -0.05) is 29.8 Å². The summed E-state index contributed by atoms with van der Waals surface area (Å²) in [6.45, 7) is 0. The van der Waals surface area contributed by atoms with Gasteiger partial charge in [0.05, 0.1) is 15.7 Å². The molecule has 1 aromatic carbocycles. The van der Waals surface area contributed by atoms with Crippen molar-refractivity contribution in [3.05, 3.63) is 75.1 Å². The van der Waals surface area contributed by atoms with Crippen LogP contribution in [0.4, 0.5) is 13.2 Å². The van der Waals surface area contributed by atoms with Crippen LogP contribution in [-0.2, 0) is 6.18 Å². The van der Waals surface area contributed by atoms with Crippen LogP contribution >= 0.6 is 27.5 Å². The summed E-state index contributed by atoms with van der Waals surface area (Å²) in [5.41, 5.74) is -1.74. The lowest BCUT2D eigenvalue weighted by Gasteiger charge is -2.14. The van der Waals surface area contributed by atoms with Gasteiger partial charge < -0.3 is 0 Å². The van der Waals surface area contributed by atoms with E-state index >= 15 is 0 Å². The molecule has 0 fully saturated rings. The number of carbonyl (C=O) groups excluding carboxylic acids is 1. The monoisotopic (exact) mass is 453 g/mol. The molecular formula is C18H8BrClF3N3O. The van der Waals surface area contributed by atoms with E-state index < -0.39 is 22.3 Å². The van der Waals surface area contributed by atoms with Crippen molar-refractivity contribution >= 4 is 33.4 Å². The highest BCUT2D eigenvalue weighted by Gasteiger charge is 2.42. The van der Waals surface area contributed by atoms with Gasteiger partial charge in [-0.25, -0.2) is 0 Å². The van der Waals surface area contributed by atoms with Crippen LogP contribution < -0.4 is 0 Å². The first-order chi connectivity index (χ1) is 12.8. The zero-order valence-electron chi connectivity index (χ0n) is 13.3. The lowest BCUT2D eigenvalue weighted by Crippen LogP contribution is -2.22. The number of benzene rings is 1. The Morgan fingerprint density at radius 3 is 2.37 bits per heavy atom. The molecule has 0 bridgehead atoms. The molecule has 2 aromatic heterocycles. The Hall–Kier alpha value is -2.63. The number of hydrogen-bond donors (Lipinski definition) is 0. The molecule has 0 aliphatic heterocycles. The third-order valence-electron chi connectivity index (χ3n) is 3.70. The number of halogens is 5. The molecule has 0 aliphatic rings. The standard InChI is InChI=1S/C18H8BrClF3N3O/c19-14-12(9-24)15(10-4-6-11(20)7-5-10)26(16(14)18(21,22)23)17(27)13-3-1-2-8-25-13/h1-8H. The van der Waals surface area contributed by atoms with E-state index in [1.54, 1.807) is 6.07 Å². The largest absolute Gasteiger partial charge is 0.433 e. The maximum atomic E-state index is 13.7. The van der Waals surface area contributed by atoms with Gasteiger partial charge in [0.15, 0.2) is 0 Å². The van der Waals surface area contributed by atoms with Crippen LogP contribution in [0.2, 0.25) is 5.02 Å². The molecule has 0 unspecified atom stereocenters. The second-order valence-electron chi connectivity index (χ2n) is 5.36. The van der Waals surface area contributed by atoms with Gasteiger partial charge in [0, 0.05) is 16.8 Å². The predicted molar refractivity (Wildman–Crippen MR) is 96.3 cm³/mol. The van der Waals surface area contributed by atoms with Crippen LogP contribution in [0, 0.1) is 11.3 Å². The van der Waals surface area contributed by atoms with Gasteiger partial charge in [-0.15, -0.1) is 0 Å². The fourth-order valence-electron chi connectivity index (χ4n) is 2.59.